The van der Waals surface area contributed by atoms with Crippen molar-refractivity contribution in [1.82, 2.24) is 14.4 Å². The van der Waals surface area contributed by atoms with Gasteiger partial charge >= 0.3 is 0 Å². The summed E-state index contributed by atoms with van der Waals surface area (Å²) in [5.41, 5.74) is 3.38. The van der Waals surface area contributed by atoms with Crippen molar-refractivity contribution in [3.8, 4) is 0 Å². The van der Waals surface area contributed by atoms with Crippen molar-refractivity contribution in [2.75, 3.05) is 0 Å². The third-order valence-corrected chi connectivity index (χ3v) is 3.28. The van der Waals surface area contributed by atoms with E-state index < -0.39 is 0 Å². The van der Waals surface area contributed by atoms with Crippen LogP contribution < -0.4 is 0 Å². The normalized spacial score (nSPS) is 12.3. The van der Waals surface area contributed by atoms with Gasteiger partial charge in [-0.05, 0) is 17.4 Å². The van der Waals surface area contributed by atoms with Gasteiger partial charge < -0.3 is 0 Å². The zero-order valence-corrected chi connectivity index (χ0v) is 12.2. The molecule has 0 aliphatic rings. The molecule has 0 atom stereocenters. The van der Waals surface area contributed by atoms with Gasteiger partial charge in [-0.1, -0.05) is 41.5 Å². The van der Waals surface area contributed by atoms with Crippen molar-refractivity contribution in [2.45, 2.75) is 59.3 Å². The molecule has 0 aromatic carbocycles. The molecule has 3 heteroatoms. The van der Waals surface area contributed by atoms with Crippen LogP contribution in [0, 0.1) is 0 Å². The monoisotopic (exact) mass is 245 g/mol. The van der Waals surface area contributed by atoms with Crippen molar-refractivity contribution in [2.24, 2.45) is 0 Å². The SMILES string of the molecule is CC(C)c1cnc2c(C(C)C)nc(C(C)C)n2c1. The molecule has 0 amide bonds. The van der Waals surface area contributed by atoms with Gasteiger partial charge in [0.05, 0.1) is 5.69 Å². The first-order chi connectivity index (χ1) is 8.41. The Labute approximate surface area is 109 Å². The number of hydrogen-bond acceptors (Lipinski definition) is 2. The number of rotatable bonds is 3. The molecule has 2 heterocycles. The summed E-state index contributed by atoms with van der Waals surface area (Å²) in [6, 6.07) is 0. The lowest BCUT2D eigenvalue weighted by Crippen LogP contribution is -2.00. The van der Waals surface area contributed by atoms with Crippen LogP contribution in [0.5, 0.6) is 0 Å². The van der Waals surface area contributed by atoms with Crippen molar-refractivity contribution >= 4 is 5.65 Å². The van der Waals surface area contributed by atoms with Crippen LogP contribution in [0.1, 0.15) is 76.4 Å². The standard InChI is InChI=1S/C15H23N3/c1-9(2)12-7-16-15-13(10(3)4)17-14(11(5)6)18(15)8-12/h7-11H,1-6H3. The van der Waals surface area contributed by atoms with E-state index in [0.29, 0.717) is 17.8 Å². The van der Waals surface area contributed by atoms with Gasteiger partial charge in [0.15, 0.2) is 5.65 Å². The minimum atomic E-state index is 0.407. The fourth-order valence-corrected chi connectivity index (χ4v) is 2.13. The van der Waals surface area contributed by atoms with Crippen molar-refractivity contribution in [3.05, 3.63) is 29.5 Å². The van der Waals surface area contributed by atoms with E-state index in [1.165, 1.54) is 5.56 Å². The summed E-state index contributed by atoms with van der Waals surface area (Å²) in [5, 5.41) is 0. The van der Waals surface area contributed by atoms with E-state index >= 15 is 0 Å². The summed E-state index contributed by atoms with van der Waals surface area (Å²) >= 11 is 0. The molecule has 2 rings (SSSR count). The number of fused-ring (bicyclic) bond motifs is 1. The van der Waals surface area contributed by atoms with Gasteiger partial charge in [-0.2, -0.15) is 0 Å². The lowest BCUT2D eigenvalue weighted by atomic mass is 10.1. The zero-order valence-electron chi connectivity index (χ0n) is 12.2. The molecule has 0 spiro atoms. The molecule has 0 aliphatic carbocycles. The van der Waals surface area contributed by atoms with E-state index in [-0.39, 0.29) is 0 Å². The van der Waals surface area contributed by atoms with Gasteiger partial charge in [0.1, 0.15) is 5.82 Å². The maximum atomic E-state index is 4.79. The van der Waals surface area contributed by atoms with E-state index in [1.807, 2.05) is 6.20 Å². The second-order valence-corrected chi connectivity index (χ2v) is 5.90. The lowest BCUT2D eigenvalue weighted by molar-refractivity contribution is 0.748. The van der Waals surface area contributed by atoms with Crippen LogP contribution in [0.3, 0.4) is 0 Å². The highest BCUT2D eigenvalue weighted by atomic mass is 15.1. The molecule has 18 heavy (non-hydrogen) atoms. The molecule has 2 aromatic heterocycles. The number of aromatic nitrogens is 3. The molecule has 0 unspecified atom stereocenters. The van der Waals surface area contributed by atoms with E-state index in [2.05, 4.69) is 57.1 Å². The molecular formula is C15H23N3. The van der Waals surface area contributed by atoms with E-state index in [1.54, 1.807) is 0 Å². The topological polar surface area (TPSA) is 30.2 Å². The minimum absolute atomic E-state index is 0.407. The first-order valence-electron chi connectivity index (χ1n) is 6.79. The number of imidazole rings is 1. The van der Waals surface area contributed by atoms with E-state index in [4.69, 9.17) is 4.98 Å². The maximum absolute atomic E-state index is 4.79. The van der Waals surface area contributed by atoms with Crippen molar-refractivity contribution < 1.29 is 0 Å². The molecule has 0 bridgehead atoms. The van der Waals surface area contributed by atoms with Gasteiger partial charge in [-0.15, -0.1) is 0 Å². The highest BCUT2D eigenvalue weighted by Gasteiger charge is 2.17. The maximum Gasteiger partial charge on any atom is 0.160 e. The lowest BCUT2D eigenvalue weighted by Gasteiger charge is -2.08. The Morgan fingerprint density at radius 3 is 2.11 bits per heavy atom. The van der Waals surface area contributed by atoms with Crippen LogP contribution in [-0.2, 0) is 0 Å². The highest BCUT2D eigenvalue weighted by molar-refractivity contribution is 5.48. The highest BCUT2D eigenvalue weighted by Crippen LogP contribution is 2.25. The Morgan fingerprint density at radius 2 is 1.61 bits per heavy atom. The van der Waals surface area contributed by atoms with Crippen LogP contribution in [-0.4, -0.2) is 14.4 Å². The fraction of sp³-hybridized carbons (Fsp3) is 0.600. The first kappa shape index (κ1) is 13.1. The molecule has 0 radical (unpaired) electrons. The van der Waals surface area contributed by atoms with Gasteiger partial charge in [-0.3, -0.25) is 4.40 Å². The summed E-state index contributed by atoms with van der Waals surface area (Å²) in [4.78, 5) is 9.42. The van der Waals surface area contributed by atoms with Crippen molar-refractivity contribution in [3.63, 3.8) is 0 Å². The summed E-state index contributed by atoms with van der Waals surface area (Å²) in [5.74, 6) is 2.43. The van der Waals surface area contributed by atoms with Crippen LogP contribution >= 0.6 is 0 Å². The minimum Gasteiger partial charge on any atom is -0.287 e. The van der Waals surface area contributed by atoms with Gasteiger partial charge in [0, 0.05) is 18.3 Å². The van der Waals surface area contributed by atoms with Gasteiger partial charge in [0.2, 0.25) is 0 Å². The second kappa shape index (κ2) is 4.71. The smallest absolute Gasteiger partial charge is 0.160 e. The van der Waals surface area contributed by atoms with Crippen LogP contribution in [0.4, 0.5) is 0 Å². The van der Waals surface area contributed by atoms with Gasteiger partial charge in [-0.25, -0.2) is 9.97 Å². The second-order valence-electron chi connectivity index (χ2n) is 5.90. The third-order valence-electron chi connectivity index (χ3n) is 3.28. The largest absolute Gasteiger partial charge is 0.287 e. The quantitative estimate of drug-likeness (QED) is 0.815. The Balaban J connectivity index is 2.71. The Morgan fingerprint density at radius 1 is 0.944 bits per heavy atom. The average molecular weight is 245 g/mol. The summed E-state index contributed by atoms with van der Waals surface area (Å²) < 4.78 is 2.18. The number of nitrogens with zero attached hydrogens (tertiary/aromatic N) is 3. The molecule has 0 fully saturated rings. The summed E-state index contributed by atoms with van der Waals surface area (Å²) in [6.07, 6.45) is 4.18. The molecular weight excluding hydrogens is 222 g/mol. The van der Waals surface area contributed by atoms with E-state index in [9.17, 15) is 0 Å². The molecule has 0 saturated carbocycles. The molecule has 3 nitrogen and oxygen atoms in total. The van der Waals surface area contributed by atoms with Crippen molar-refractivity contribution in [1.29, 1.82) is 0 Å². The fourth-order valence-electron chi connectivity index (χ4n) is 2.13. The number of hydrogen-bond donors (Lipinski definition) is 0. The third kappa shape index (κ3) is 2.14. The van der Waals surface area contributed by atoms with Crippen LogP contribution in [0.15, 0.2) is 12.4 Å². The predicted octanol–water partition coefficient (Wildman–Crippen LogP) is 4.10. The molecule has 2 aromatic rings. The molecule has 98 valence electrons. The molecule has 0 saturated heterocycles. The van der Waals surface area contributed by atoms with E-state index in [0.717, 1.165) is 17.2 Å². The Bertz CT molecular complexity index is 550. The predicted molar refractivity (Wildman–Crippen MR) is 75.3 cm³/mol. The first-order valence-corrected chi connectivity index (χ1v) is 6.79. The van der Waals surface area contributed by atoms with Crippen LogP contribution in [0.25, 0.3) is 5.65 Å². The summed E-state index contributed by atoms with van der Waals surface area (Å²) in [6.45, 7) is 13.1. The Hall–Kier alpha value is -1.38. The molecule has 0 N–H and O–H groups in total. The average Bonchev–Trinajstić information content (AvgIpc) is 2.67. The van der Waals surface area contributed by atoms with Crippen LogP contribution in [0.2, 0.25) is 0 Å². The molecule has 0 aliphatic heterocycles. The Kier molecular flexibility index (Phi) is 3.42. The van der Waals surface area contributed by atoms with Gasteiger partial charge in [0.25, 0.3) is 0 Å². The summed E-state index contributed by atoms with van der Waals surface area (Å²) in [7, 11) is 0. The zero-order chi connectivity index (χ0) is 13.4.